The zero-order valence-corrected chi connectivity index (χ0v) is 16.1. The van der Waals surface area contributed by atoms with Crippen LogP contribution in [0, 0.1) is 11.3 Å². The van der Waals surface area contributed by atoms with Gasteiger partial charge in [-0.25, -0.2) is 0 Å². The number of aliphatic imine (C=N–C) groups is 1. The fourth-order valence-corrected chi connectivity index (χ4v) is 4.29. The van der Waals surface area contributed by atoms with Crippen LogP contribution in [0.1, 0.15) is 39.5 Å². The van der Waals surface area contributed by atoms with Gasteiger partial charge in [0.1, 0.15) is 0 Å². The third-order valence-electron chi connectivity index (χ3n) is 5.38. The van der Waals surface area contributed by atoms with E-state index >= 15 is 0 Å². The quantitative estimate of drug-likeness (QED) is 0.298. The van der Waals surface area contributed by atoms with E-state index in [1.54, 1.807) is 0 Å². The van der Waals surface area contributed by atoms with Crippen LogP contribution in [0.2, 0.25) is 0 Å². The molecule has 3 fully saturated rings. The molecule has 1 aliphatic heterocycles. The van der Waals surface area contributed by atoms with Crippen LogP contribution >= 0.6 is 24.0 Å². The molecule has 1 heterocycles. The van der Waals surface area contributed by atoms with Crippen LogP contribution in [0.3, 0.4) is 0 Å². The van der Waals surface area contributed by atoms with Crippen molar-refractivity contribution < 1.29 is 9.47 Å². The molecular weight excluding hydrogens is 393 g/mol. The van der Waals surface area contributed by atoms with Crippen LogP contribution in [0.5, 0.6) is 0 Å². The standard InChI is InChI=1S/C16H29N3O2.HI/c1-3-17-15(18-9-11-20-4-2)19-13-12-6-10-21-14(12)16(13)7-5-8-16;/h12-14H,3-11H2,1-2H3,(H2,17,18,19);1H. The second kappa shape index (κ2) is 8.15. The molecule has 1 spiro atoms. The maximum atomic E-state index is 5.97. The first-order chi connectivity index (χ1) is 10.3. The lowest BCUT2D eigenvalue weighted by molar-refractivity contribution is -0.171. The van der Waals surface area contributed by atoms with E-state index < -0.39 is 0 Å². The second-order valence-corrected chi connectivity index (χ2v) is 6.41. The van der Waals surface area contributed by atoms with Crippen molar-refractivity contribution in [3.8, 4) is 0 Å². The SMILES string of the molecule is CCNC(=NCCOCC)NC1C2CCOC2C12CCC2.I. The van der Waals surface area contributed by atoms with E-state index in [1.807, 2.05) is 6.92 Å². The highest BCUT2D eigenvalue weighted by Gasteiger charge is 2.66. The van der Waals surface area contributed by atoms with Gasteiger partial charge in [0.25, 0.3) is 0 Å². The highest BCUT2D eigenvalue weighted by Crippen LogP contribution is 2.62. The van der Waals surface area contributed by atoms with Gasteiger partial charge in [0, 0.05) is 37.1 Å². The predicted octanol–water partition coefficient (Wildman–Crippen LogP) is 2.15. The molecule has 0 aromatic carbocycles. The first-order valence-electron chi connectivity index (χ1n) is 8.56. The number of guanidine groups is 1. The Labute approximate surface area is 151 Å². The minimum atomic E-state index is 0. The lowest BCUT2D eigenvalue weighted by Gasteiger charge is -2.63. The smallest absolute Gasteiger partial charge is 0.191 e. The molecule has 3 atom stereocenters. The van der Waals surface area contributed by atoms with E-state index in [1.165, 1.54) is 25.7 Å². The predicted molar refractivity (Wildman–Crippen MR) is 98.9 cm³/mol. The Hall–Kier alpha value is -0.0800. The number of nitrogens with zero attached hydrogens (tertiary/aromatic N) is 1. The van der Waals surface area contributed by atoms with Crippen LogP contribution < -0.4 is 10.6 Å². The van der Waals surface area contributed by atoms with Gasteiger partial charge >= 0.3 is 0 Å². The maximum Gasteiger partial charge on any atom is 0.191 e. The van der Waals surface area contributed by atoms with E-state index in [2.05, 4.69) is 22.5 Å². The van der Waals surface area contributed by atoms with Gasteiger partial charge in [0.05, 0.1) is 19.3 Å². The van der Waals surface area contributed by atoms with Crippen molar-refractivity contribution in [2.24, 2.45) is 16.3 Å². The summed E-state index contributed by atoms with van der Waals surface area (Å²) >= 11 is 0. The fraction of sp³-hybridized carbons (Fsp3) is 0.938. The molecule has 2 saturated carbocycles. The van der Waals surface area contributed by atoms with Gasteiger partial charge in [-0.1, -0.05) is 6.42 Å². The number of hydrogen-bond acceptors (Lipinski definition) is 3. The summed E-state index contributed by atoms with van der Waals surface area (Å²) in [6.07, 6.45) is 5.68. The molecule has 0 aromatic heterocycles. The highest BCUT2D eigenvalue weighted by atomic mass is 127. The summed E-state index contributed by atoms with van der Waals surface area (Å²) in [7, 11) is 0. The zero-order chi connectivity index (χ0) is 14.7. The minimum absolute atomic E-state index is 0. The van der Waals surface area contributed by atoms with Crippen LogP contribution in [0.25, 0.3) is 0 Å². The molecule has 0 aromatic rings. The molecule has 3 aliphatic rings. The molecule has 22 heavy (non-hydrogen) atoms. The van der Waals surface area contributed by atoms with E-state index in [0.717, 1.165) is 25.7 Å². The summed E-state index contributed by atoms with van der Waals surface area (Å²) < 4.78 is 11.3. The molecule has 5 nitrogen and oxygen atoms in total. The van der Waals surface area contributed by atoms with Gasteiger partial charge in [0.15, 0.2) is 5.96 Å². The third-order valence-corrected chi connectivity index (χ3v) is 5.38. The largest absolute Gasteiger partial charge is 0.380 e. The van der Waals surface area contributed by atoms with Crippen molar-refractivity contribution in [1.29, 1.82) is 0 Å². The topological polar surface area (TPSA) is 54.9 Å². The van der Waals surface area contributed by atoms with Gasteiger partial charge in [-0.15, -0.1) is 24.0 Å². The van der Waals surface area contributed by atoms with E-state index in [4.69, 9.17) is 9.47 Å². The molecular formula is C16H30IN3O2. The molecule has 3 rings (SSSR count). The summed E-state index contributed by atoms with van der Waals surface area (Å²) in [5, 5.41) is 7.07. The van der Waals surface area contributed by atoms with Gasteiger partial charge in [-0.2, -0.15) is 0 Å². The molecule has 1 saturated heterocycles. The number of ether oxygens (including phenoxy) is 2. The van der Waals surface area contributed by atoms with Crippen molar-refractivity contribution >= 4 is 29.9 Å². The van der Waals surface area contributed by atoms with Crippen LogP contribution in [-0.4, -0.2) is 51.0 Å². The summed E-state index contributed by atoms with van der Waals surface area (Å²) in [5.74, 6) is 1.62. The van der Waals surface area contributed by atoms with Gasteiger partial charge in [-0.05, 0) is 33.1 Å². The van der Waals surface area contributed by atoms with Crippen molar-refractivity contribution in [1.82, 2.24) is 10.6 Å². The minimum Gasteiger partial charge on any atom is -0.380 e. The fourth-order valence-electron chi connectivity index (χ4n) is 4.29. The first kappa shape index (κ1) is 18.3. The van der Waals surface area contributed by atoms with Crippen molar-refractivity contribution in [2.75, 3.05) is 32.9 Å². The molecule has 6 heteroatoms. The van der Waals surface area contributed by atoms with Crippen LogP contribution in [-0.2, 0) is 9.47 Å². The van der Waals surface area contributed by atoms with Crippen molar-refractivity contribution in [3.05, 3.63) is 0 Å². The lowest BCUT2D eigenvalue weighted by atomic mass is 9.46. The summed E-state index contributed by atoms with van der Waals surface area (Å²) in [5.41, 5.74) is 0.400. The zero-order valence-electron chi connectivity index (χ0n) is 13.8. The number of nitrogens with one attached hydrogen (secondary N) is 2. The Morgan fingerprint density at radius 2 is 2.18 bits per heavy atom. The molecule has 0 radical (unpaired) electrons. The van der Waals surface area contributed by atoms with Gasteiger partial charge in [-0.3, -0.25) is 4.99 Å². The van der Waals surface area contributed by atoms with Gasteiger partial charge < -0.3 is 20.1 Å². The van der Waals surface area contributed by atoms with Crippen LogP contribution in [0.15, 0.2) is 4.99 Å². The summed E-state index contributed by atoms with van der Waals surface area (Å²) in [6.45, 7) is 8.12. The Kier molecular flexibility index (Phi) is 6.76. The number of fused-ring (bicyclic) bond motifs is 2. The molecule has 0 amide bonds. The Morgan fingerprint density at radius 3 is 2.82 bits per heavy atom. The Balaban J connectivity index is 0.00000176. The molecule has 2 aliphatic carbocycles. The van der Waals surface area contributed by atoms with Crippen molar-refractivity contribution in [2.45, 2.75) is 51.7 Å². The molecule has 128 valence electrons. The average molecular weight is 423 g/mol. The third kappa shape index (κ3) is 3.24. The number of halogens is 1. The average Bonchev–Trinajstić information content (AvgIpc) is 2.84. The normalized spacial score (nSPS) is 31.7. The Morgan fingerprint density at radius 1 is 1.36 bits per heavy atom. The highest BCUT2D eigenvalue weighted by molar-refractivity contribution is 14.0. The molecule has 0 bridgehead atoms. The number of hydrogen-bond donors (Lipinski definition) is 2. The lowest BCUT2D eigenvalue weighted by Crippen LogP contribution is -2.72. The first-order valence-corrected chi connectivity index (χ1v) is 8.56. The van der Waals surface area contributed by atoms with E-state index in [9.17, 15) is 0 Å². The van der Waals surface area contributed by atoms with E-state index in [0.29, 0.717) is 36.6 Å². The monoisotopic (exact) mass is 423 g/mol. The summed E-state index contributed by atoms with van der Waals surface area (Å²) in [6, 6.07) is 0.545. The molecule has 3 unspecified atom stereocenters. The van der Waals surface area contributed by atoms with Gasteiger partial charge in [0.2, 0.25) is 0 Å². The maximum absolute atomic E-state index is 5.97. The summed E-state index contributed by atoms with van der Waals surface area (Å²) in [4.78, 5) is 4.64. The molecule has 2 N–H and O–H groups in total. The Bertz CT molecular complexity index is 388. The van der Waals surface area contributed by atoms with E-state index in [-0.39, 0.29) is 24.0 Å². The van der Waals surface area contributed by atoms with Crippen LogP contribution in [0.4, 0.5) is 0 Å². The van der Waals surface area contributed by atoms with Crippen molar-refractivity contribution in [3.63, 3.8) is 0 Å². The number of rotatable bonds is 6. The second-order valence-electron chi connectivity index (χ2n) is 6.41.